The lowest BCUT2D eigenvalue weighted by atomic mass is 9.74. The molecule has 0 bridgehead atoms. The van der Waals surface area contributed by atoms with E-state index in [-0.39, 0.29) is 6.10 Å². The van der Waals surface area contributed by atoms with Crippen LogP contribution in [0.3, 0.4) is 0 Å². The summed E-state index contributed by atoms with van der Waals surface area (Å²) in [5.74, 6) is 2.33. The molecule has 0 radical (unpaired) electrons. The number of hydrogen-bond donors (Lipinski definition) is 0. The van der Waals surface area contributed by atoms with E-state index >= 15 is 0 Å². The zero-order valence-corrected chi connectivity index (χ0v) is 27.7. The van der Waals surface area contributed by atoms with Gasteiger partial charge in [-0.25, -0.2) is 14.5 Å². The zero-order valence-electron chi connectivity index (χ0n) is 27.7. The Morgan fingerprint density at radius 1 is 0.630 bits per heavy atom. The van der Waals surface area contributed by atoms with Crippen molar-refractivity contribution >= 4 is 11.9 Å². The molecule has 0 saturated heterocycles. The molecule has 8 heteroatoms. The van der Waals surface area contributed by atoms with E-state index in [1.54, 1.807) is 48.5 Å². The van der Waals surface area contributed by atoms with Crippen LogP contribution in [-0.2, 0) is 19.6 Å². The molecular weight excluding hydrogens is 584 g/mol. The van der Waals surface area contributed by atoms with Gasteiger partial charge >= 0.3 is 11.9 Å². The number of benzene rings is 2. The monoisotopic (exact) mass is 636 g/mol. The SMILES string of the molecule is CCCCCCOc1ccc(C(=O)OOC2=CCC(C3CCC(OOC(=O)c4ccc(OCCCCCC)cc4)CC3)CC2)cc1. The summed E-state index contributed by atoms with van der Waals surface area (Å²) in [5.41, 5.74) is 0.869. The number of carbonyl (C=O) groups is 2. The first kappa shape index (κ1) is 35.3. The minimum absolute atomic E-state index is 0.0882. The second-order valence-corrected chi connectivity index (χ2v) is 12.5. The molecule has 252 valence electrons. The first-order chi connectivity index (χ1) is 22.6. The average molecular weight is 637 g/mol. The summed E-state index contributed by atoms with van der Waals surface area (Å²) in [6, 6.07) is 14.0. The summed E-state index contributed by atoms with van der Waals surface area (Å²) < 4.78 is 11.5. The second kappa shape index (κ2) is 19.9. The average Bonchev–Trinajstić information content (AvgIpc) is 3.10. The fourth-order valence-electron chi connectivity index (χ4n) is 6.10. The van der Waals surface area contributed by atoms with Crippen LogP contribution >= 0.6 is 0 Å². The maximum Gasteiger partial charge on any atom is 0.386 e. The Kier molecular flexibility index (Phi) is 15.3. The molecule has 0 amide bonds. The molecule has 2 aromatic rings. The summed E-state index contributed by atoms with van der Waals surface area (Å²) in [6.45, 7) is 5.73. The Morgan fingerprint density at radius 3 is 1.67 bits per heavy atom. The standard InChI is InChI=1S/C38H52O8/c1-3-5-7-9-27-41-33-19-15-31(16-20-33)37(39)45-43-35-23-11-29(12-24-35)30-13-25-36(26-14-30)44-46-38(40)32-17-21-34(22-18-32)42-28-10-8-6-4-2/h15-23,29-30,36H,3-14,24-28H2,1-2H3. The van der Waals surface area contributed by atoms with Gasteiger partial charge in [0, 0.05) is 6.42 Å². The van der Waals surface area contributed by atoms with Crippen LogP contribution in [0.2, 0.25) is 0 Å². The molecule has 1 fully saturated rings. The van der Waals surface area contributed by atoms with E-state index in [0.717, 1.165) is 75.7 Å². The van der Waals surface area contributed by atoms with Gasteiger partial charge in [-0.15, -0.1) is 0 Å². The summed E-state index contributed by atoms with van der Waals surface area (Å²) >= 11 is 0. The Labute approximate surface area is 274 Å². The number of rotatable bonds is 19. The molecule has 0 aliphatic heterocycles. The third-order valence-corrected chi connectivity index (χ3v) is 8.99. The molecule has 2 aliphatic rings. The van der Waals surface area contributed by atoms with Crippen LogP contribution in [0.4, 0.5) is 0 Å². The largest absolute Gasteiger partial charge is 0.494 e. The lowest BCUT2D eigenvalue weighted by molar-refractivity contribution is -0.281. The number of unbranched alkanes of at least 4 members (excludes halogenated alkanes) is 6. The number of hydrogen-bond acceptors (Lipinski definition) is 8. The maximum absolute atomic E-state index is 12.5. The Hall–Kier alpha value is -3.52. The minimum Gasteiger partial charge on any atom is -0.494 e. The van der Waals surface area contributed by atoms with Crippen molar-refractivity contribution < 1.29 is 38.6 Å². The molecule has 2 aromatic carbocycles. The van der Waals surface area contributed by atoms with Gasteiger partial charge in [0.25, 0.3) is 0 Å². The summed E-state index contributed by atoms with van der Waals surface area (Å²) in [7, 11) is 0. The van der Waals surface area contributed by atoms with E-state index in [9.17, 15) is 9.59 Å². The van der Waals surface area contributed by atoms with Crippen molar-refractivity contribution in [3.8, 4) is 11.5 Å². The molecule has 46 heavy (non-hydrogen) atoms. The maximum atomic E-state index is 12.5. The smallest absolute Gasteiger partial charge is 0.386 e. The van der Waals surface area contributed by atoms with Gasteiger partial charge in [-0.2, -0.15) is 4.89 Å². The summed E-state index contributed by atoms with van der Waals surface area (Å²) in [4.78, 5) is 46.2. The quantitative estimate of drug-likeness (QED) is 0.0855. The molecule has 0 spiro atoms. The predicted octanol–water partition coefficient (Wildman–Crippen LogP) is 9.72. The fraction of sp³-hybridized carbons (Fsp3) is 0.579. The van der Waals surface area contributed by atoms with Crippen LogP contribution in [0.25, 0.3) is 0 Å². The highest BCUT2D eigenvalue weighted by Crippen LogP contribution is 2.39. The van der Waals surface area contributed by atoms with Crippen molar-refractivity contribution in [3.63, 3.8) is 0 Å². The van der Waals surface area contributed by atoms with Gasteiger partial charge in [0.1, 0.15) is 17.6 Å². The van der Waals surface area contributed by atoms with E-state index in [1.807, 2.05) is 6.08 Å². The van der Waals surface area contributed by atoms with Crippen LogP contribution in [0.15, 0.2) is 60.4 Å². The first-order valence-electron chi connectivity index (χ1n) is 17.5. The van der Waals surface area contributed by atoms with Crippen molar-refractivity contribution in [2.45, 2.75) is 116 Å². The van der Waals surface area contributed by atoms with Crippen molar-refractivity contribution in [1.29, 1.82) is 0 Å². The van der Waals surface area contributed by atoms with E-state index in [4.69, 9.17) is 29.0 Å². The van der Waals surface area contributed by atoms with Gasteiger partial charge < -0.3 is 9.47 Å². The molecule has 1 saturated carbocycles. The Bertz CT molecular complexity index is 1200. The molecule has 2 aliphatic carbocycles. The van der Waals surface area contributed by atoms with Gasteiger partial charge in [0.15, 0.2) is 5.76 Å². The van der Waals surface area contributed by atoms with Crippen LogP contribution in [0.5, 0.6) is 11.5 Å². The molecule has 4 rings (SSSR count). The zero-order chi connectivity index (χ0) is 32.4. The predicted molar refractivity (Wildman–Crippen MR) is 176 cm³/mol. The lowest BCUT2D eigenvalue weighted by Crippen LogP contribution is -2.28. The van der Waals surface area contributed by atoms with Crippen molar-refractivity contribution in [2.75, 3.05) is 13.2 Å². The lowest BCUT2D eigenvalue weighted by Gasteiger charge is -2.34. The molecule has 0 N–H and O–H groups in total. The van der Waals surface area contributed by atoms with Crippen molar-refractivity contribution in [2.24, 2.45) is 11.8 Å². The van der Waals surface area contributed by atoms with Crippen molar-refractivity contribution in [1.82, 2.24) is 0 Å². The third-order valence-electron chi connectivity index (χ3n) is 8.99. The van der Waals surface area contributed by atoms with E-state index < -0.39 is 11.9 Å². The first-order valence-corrected chi connectivity index (χ1v) is 17.5. The topological polar surface area (TPSA) is 89.5 Å². The molecule has 8 nitrogen and oxygen atoms in total. The van der Waals surface area contributed by atoms with E-state index in [0.29, 0.717) is 41.9 Å². The van der Waals surface area contributed by atoms with Gasteiger partial charge in [0.05, 0.1) is 24.3 Å². The minimum atomic E-state index is -0.518. The number of ether oxygens (including phenoxy) is 2. The van der Waals surface area contributed by atoms with Crippen molar-refractivity contribution in [3.05, 3.63) is 71.5 Å². The molecule has 0 aromatic heterocycles. The van der Waals surface area contributed by atoms with Crippen LogP contribution in [0, 0.1) is 11.8 Å². The van der Waals surface area contributed by atoms with Gasteiger partial charge in [-0.3, -0.25) is 9.78 Å². The number of carbonyl (C=O) groups excluding carboxylic acids is 2. The number of allylic oxidation sites excluding steroid dienone is 2. The summed E-state index contributed by atoms with van der Waals surface area (Å²) in [6.07, 6.45) is 17.5. The second-order valence-electron chi connectivity index (χ2n) is 12.5. The fourth-order valence-corrected chi connectivity index (χ4v) is 6.10. The molecule has 1 atom stereocenters. The Balaban J connectivity index is 1.08. The van der Waals surface area contributed by atoms with Crippen LogP contribution in [-0.4, -0.2) is 31.3 Å². The normalized spacial score (nSPS) is 19.5. The molecule has 0 heterocycles. The van der Waals surface area contributed by atoms with Gasteiger partial charge in [-0.1, -0.05) is 52.4 Å². The molecule has 1 unspecified atom stereocenters. The summed E-state index contributed by atoms with van der Waals surface area (Å²) in [5, 5.41) is 0. The highest BCUT2D eigenvalue weighted by Gasteiger charge is 2.31. The Morgan fingerprint density at radius 2 is 1.17 bits per heavy atom. The molecular formula is C38H52O8. The van der Waals surface area contributed by atoms with Crippen LogP contribution < -0.4 is 9.47 Å². The highest BCUT2D eigenvalue weighted by molar-refractivity contribution is 5.89. The van der Waals surface area contributed by atoms with Gasteiger partial charge in [-0.05, 0) is 118 Å². The van der Waals surface area contributed by atoms with Crippen LogP contribution in [0.1, 0.15) is 131 Å². The van der Waals surface area contributed by atoms with E-state index in [1.165, 1.54) is 32.1 Å². The van der Waals surface area contributed by atoms with Gasteiger partial charge in [0.2, 0.25) is 0 Å². The highest BCUT2D eigenvalue weighted by atomic mass is 17.2. The third kappa shape index (κ3) is 12.0. The van der Waals surface area contributed by atoms with E-state index in [2.05, 4.69) is 13.8 Å².